The normalized spacial score (nSPS) is 12.0. The van der Waals surface area contributed by atoms with E-state index < -0.39 is 11.7 Å². The number of anilines is 2. The summed E-state index contributed by atoms with van der Waals surface area (Å²) in [5, 5.41) is 10.2. The first-order valence-corrected chi connectivity index (χ1v) is 11.5. The van der Waals surface area contributed by atoms with Gasteiger partial charge in [-0.2, -0.15) is 13.2 Å². The molecule has 2 aromatic heterocycles. The molecule has 0 bridgehead atoms. The molecular weight excluding hydrogens is 487 g/mol. The van der Waals surface area contributed by atoms with E-state index in [0.717, 1.165) is 40.0 Å². The molecule has 11 heteroatoms. The number of guanidine groups is 1. The zero-order chi connectivity index (χ0) is 25.7. The van der Waals surface area contributed by atoms with Crippen molar-refractivity contribution in [2.45, 2.75) is 26.4 Å². The molecule has 0 spiro atoms. The lowest BCUT2D eigenvalue weighted by Crippen LogP contribution is -2.39. The number of aromatic nitrogens is 3. The van der Waals surface area contributed by atoms with Crippen LogP contribution in [0.2, 0.25) is 0 Å². The van der Waals surface area contributed by atoms with Gasteiger partial charge in [0, 0.05) is 40.7 Å². The van der Waals surface area contributed by atoms with Crippen molar-refractivity contribution in [2.75, 3.05) is 17.2 Å². The largest absolute Gasteiger partial charge is 0.416 e. The quantitative estimate of drug-likeness (QED) is 0.159. The number of hydrogen-bond donors (Lipinski definition) is 4. The minimum absolute atomic E-state index is 0.150. The van der Waals surface area contributed by atoms with E-state index in [9.17, 15) is 13.2 Å². The Balaban J connectivity index is 1.48. The first-order chi connectivity index (χ1) is 17.2. The van der Waals surface area contributed by atoms with Gasteiger partial charge < -0.3 is 15.6 Å². The van der Waals surface area contributed by atoms with Crippen LogP contribution in [0, 0.1) is 13.8 Å². The Morgan fingerprint density at radius 3 is 2.39 bits per heavy atom. The maximum Gasteiger partial charge on any atom is 0.416 e. The smallest absolute Gasteiger partial charge is 0.361 e. The number of aliphatic imine (C=N–C) groups is 1. The fourth-order valence-electron chi connectivity index (χ4n) is 3.64. The fourth-order valence-corrected chi connectivity index (χ4v) is 3.85. The van der Waals surface area contributed by atoms with E-state index in [1.54, 1.807) is 0 Å². The van der Waals surface area contributed by atoms with Gasteiger partial charge in [-0.05, 0) is 74.4 Å². The van der Waals surface area contributed by atoms with Gasteiger partial charge in [-0.25, -0.2) is 9.97 Å². The Labute approximate surface area is 211 Å². The summed E-state index contributed by atoms with van der Waals surface area (Å²) in [4.78, 5) is 16.6. The monoisotopic (exact) mass is 511 g/mol. The van der Waals surface area contributed by atoms with Crippen molar-refractivity contribution >= 4 is 45.8 Å². The van der Waals surface area contributed by atoms with Crippen molar-refractivity contribution in [1.82, 2.24) is 20.3 Å². The highest BCUT2D eigenvalue weighted by molar-refractivity contribution is 7.80. The number of fused-ring (bicyclic) bond motifs is 1. The molecule has 0 amide bonds. The molecule has 0 saturated heterocycles. The number of rotatable bonds is 5. The van der Waals surface area contributed by atoms with Crippen LogP contribution in [-0.2, 0) is 12.6 Å². The summed E-state index contributed by atoms with van der Waals surface area (Å²) in [5.74, 6) is 0.660. The van der Waals surface area contributed by atoms with Crippen molar-refractivity contribution in [3.63, 3.8) is 0 Å². The van der Waals surface area contributed by atoms with Crippen LogP contribution in [-0.4, -0.2) is 32.6 Å². The van der Waals surface area contributed by atoms with Gasteiger partial charge in [0.25, 0.3) is 0 Å². The molecule has 0 atom stereocenters. The summed E-state index contributed by atoms with van der Waals surface area (Å²) in [6.07, 6.45) is -1.77. The highest BCUT2D eigenvalue weighted by Gasteiger charge is 2.29. The molecule has 4 N–H and O–H groups in total. The van der Waals surface area contributed by atoms with Crippen molar-refractivity contribution in [1.29, 1.82) is 0 Å². The first kappa shape index (κ1) is 25.1. The third kappa shape index (κ3) is 6.57. The van der Waals surface area contributed by atoms with Crippen LogP contribution in [0.5, 0.6) is 0 Å². The summed E-state index contributed by atoms with van der Waals surface area (Å²) in [7, 11) is 0. The third-order valence-electron chi connectivity index (χ3n) is 5.24. The average Bonchev–Trinajstić information content (AvgIpc) is 3.21. The second-order valence-corrected chi connectivity index (χ2v) is 8.50. The van der Waals surface area contributed by atoms with Crippen LogP contribution >= 0.6 is 12.2 Å². The molecule has 0 aliphatic rings. The maximum atomic E-state index is 12.8. The van der Waals surface area contributed by atoms with Gasteiger partial charge in [0.05, 0.1) is 5.56 Å². The van der Waals surface area contributed by atoms with Gasteiger partial charge in [0.15, 0.2) is 5.11 Å². The summed E-state index contributed by atoms with van der Waals surface area (Å²) in [6.45, 7) is 4.15. The average molecular weight is 512 g/mol. The molecule has 7 nitrogen and oxygen atoms in total. The second kappa shape index (κ2) is 10.7. The lowest BCUT2D eigenvalue weighted by atomic mass is 10.1. The minimum atomic E-state index is -4.40. The second-order valence-electron chi connectivity index (χ2n) is 8.09. The standard InChI is InChI=1S/C25H24F3N7S/c1-15-13-16(2)32-23(31-15)34-22(29-12-11-17-14-30-21-6-4-3-5-20(17)21)35-24(36)33-19-9-7-18(8-10-19)25(26,27)28/h3-10,13-14,30H,11-12H2,1-2H3,(H3,29,31,32,33,34,35,36). The Morgan fingerprint density at radius 1 is 1.00 bits per heavy atom. The number of benzene rings is 2. The van der Waals surface area contributed by atoms with E-state index in [1.807, 2.05) is 44.3 Å². The summed E-state index contributed by atoms with van der Waals surface area (Å²) in [6, 6.07) is 14.5. The number of halogens is 3. The number of hydrogen-bond acceptors (Lipinski definition) is 4. The molecule has 4 aromatic rings. The molecule has 0 fully saturated rings. The number of alkyl halides is 3. The molecule has 4 rings (SSSR count). The fraction of sp³-hybridized carbons (Fsp3) is 0.200. The summed E-state index contributed by atoms with van der Waals surface area (Å²) >= 11 is 5.37. The van der Waals surface area contributed by atoms with Crippen LogP contribution in [0.25, 0.3) is 10.9 Å². The Kier molecular flexibility index (Phi) is 7.49. The number of thiocarbonyl (C=S) groups is 1. The van der Waals surface area contributed by atoms with E-state index >= 15 is 0 Å². The zero-order valence-electron chi connectivity index (χ0n) is 19.6. The van der Waals surface area contributed by atoms with Gasteiger partial charge in [-0.15, -0.1) is 0 Å². The van der Waals surface area contributed by atoms with Gasteiger partial charge in [-0.1, -0.05) is 18.2 Å². The molecule has 2 heterocycles. The topological polar surface area (TPSA) is 90.0 Å². The number of para-hydroxylation sites is 1. The van der Waals surface area contributed by atoms with E-state index in [4.69, 9.17) is 12.2 Å². The maximum absolute atomic E-state index is 12.8. The predicted molar refractivity (Wildman–Crippen MR) is 140 cm³/mol. The number of H-pyrrole nitrogens is 1. The molecule has 0 unspecified atom stereocenters. The number of nitrogens with one attached hydrogen (secondary N) is 4. The Hall–Kier alpha value is -3.99. The van der Waals surface area contributed by atoms with E-state index in [2.05, 4.69) is 42.0 Å². The first-order valence-electron chi connectivity index (χ1n) is 11.1. The molecule has 0 aliphatic heterocycles. The summed E-state index contributed by atoms with van der Waals surface area (Å²) in [5.41, 5.74) is 3.42. The Bertz CT molecular complexity index is 1370. The van der Waals surface area contributed by atoms with E-state index in [0.29, 0.717) is 30.6 Å². The SMILES string of the molecule is Cc1cc(C)nc(NC(=NCCc2c[nH]c3ccccc23)NC(=S)Nc2ccc(C(F)(F)F)cc2)n1. The number of nitrogens with zero attached hydrogens (tertiary/aromatic N) is 3. The van der Waals surface area contributed by atoms with Crippen LogP contribution < -0.4 is 16.0 Å². The lowest BCUT2D eigenvalue weighted by molar-refractivity contribution is -0.137. The van der Waals surface area contributed by atoms with E-state index in [1.165, 1.54) is 12.1 Å². The van der Waals surface area contributed by atoms with Crippen molar-refractivity contribution in [3.8, 4) is 0 Å². The van der Waals surface area contributed by atoms with Crippen molar-refractivity contribution < 1.29 is 13.2 Å². The van der Waals surface area contributed by atoms with Crippen LogP contribution in [0.3, 0.4) is 0 Å². The summed E-state index contributed by atoms with van der Waals surface area (Å²) < 4.78 is 38.5. The minimum Gasteiger partial charge on any atom is -0.361 e. The highest BCUT2D eigenvalue weighted by atomic mass is 32.1. The van der Waals surface area contributed by atoms with Crippen LogP contribution in [0.15, 0.2) is 65.8 Å². The van der Waals surface area contributed by atoms with Crippen LogP contribution in [0.4, 0.5) is 24.8 Å². The molecule has 186 valence electrons. The van der Waals surface area contributed by atoms with Gasteiger partial charge in [0.2, 0.25) is 11.9 Å². The lowest BCUT2D eigenvalue weighted by Gasteiger charge is -2.15. The molecular formula is C25H24F3N7S. The van der Waals surface area contributed by atoms with Crippen LogP contribution in [0.1, 0.15) is 22.5 Å². The predicted octanol–water partition coefficient (Wildman–Crippen LogP) is 5.59. The molecule has 36 heavy (non-hydrogen) atoms. The molecule has 0 saturated carbocycles. The van der Waals surface area contributed by atoms with Gasteiger partial charge in [0.1, 0.15) is 0 Å². The van der Waals surface area contributed by atoms with E-state index in [-0.39, 0.29) is 5.11 Å². The molecule has 2 aromatic carbocycles. The Morgan fingerprint density at radius 2 is 1.69 bits per heavy atom. The number of aryl methyl sites for hydroxylation is 2. The van der Waals surface area contributed by atoms with Crippen molar-refractivity contribution in [2.24, 2.45) is 4.99 Å². The van der Waals surface area contributed by atoms with Crippen molar-refractivity contribution in [3.05, 3.63) is 83.3 Å². The van der Waals surface area contributed by atoms with Gasteiger partial charge in [-0.3, -0.25) is 10.3 Å². The molecule has 0 aliphatic carbocycles. The highest BCUT2D eigenvalue weighted by Crippen LogP contribution is 2.29. The third-order valence-corrected chi connectivity index (χ3v) is 5.44. The van der Waals surface area contributed by atoms with Gasteiger partial charge >= 0.3 is 6.18 Å². The zero-order valence-corrected chi connectivity index (χ0v) is 20.4. The number of aromatic amines is 1. The molecule has 0 radical (unpaired) electrons.